The van der Waals surface area contributed by atoms with Gasteiger partial charge >= 0.3 is 6.03 Å². The van der Waals surface area contributed by atoms with E-state index in [9.17, 15) is 4.79 Å². The minimum Gasteiger partial charge on any atom is -0.341 e. The molecule has 1 aliphatic carbocycles. The van der Waals surface area contributed by atoms with Crippen molar-refractivity contribution in [1.82, 2.24) is 16.0 Å². The molecule has 0 unspecified atom stereocenters. The third-order valence-electron chi connectivity index (χ3n) is 2.70. The largest absolute Gasteiger partial charge is 0.341 e. The van der Waals surface area contributed by atoms with Crippen LogP contribution in [0.25, 0.3) is 0 Å². The van der Waals surface area contributed by atoms with Gasteiger partial charge in [0.25, 0.3) is 0 Å². The maximum absolute atomic E-state index is 11.0. The second-order valence-corrected chi connectivity index (χ2v) is 3.56. The summed E-state index contributed by atoms with van der Waals surface area (Å²) in [5.74, 6) is 0. The number of nitrogens with one attached hydrogen (secondary N) is 3. The van der Waals surface area contributed by atoms with Gasteiger partial charge in [-0.2, -0.15) is 0 Å². The molecule has 0 spiro atoms. The Balaban J connectivity index is 2.21. The molecule has 1 fully saturated rings. The van der Waals surface area contributed by atoms with Crippen LogP contribution in [0.3, 0.4) is 0 Å². The van der Waals surface area contributed by atoms with Crippen LogP contribution < -0.4 is 16.0 Å². The first-order valence-corrected chi connectivity index (χ1v) is 4.91. The first-order chi connectivity index (χ1) is 6.26. The Morgan fingerprint density at radius 2 is 1.62 bits per heavy atom. The van der Waals surface area contributed by atoms with Crippen molar-refractivity contribution >= 4 is 6.03 Å². The van der Waals surface area contributed by atoms with E-state index in [0.717, 1.165) is 25.7 Å². The molecule has 0 aromatic carbocycles. The van der Waals surface area contributed by atoms with Crippen LogP contribution in [-0.4, -0.2) is 32.2 Å². The zero-order valence-electron chi connectivity index (χ0n) is 8.39. The summed E-state index contributed by atoms with van der Waals surface area (Å²) in [6, 6.07) is 0.945. The normalized spacial score (nSPS) is 28.2. The van der Waals surface area contributed by atoms with E-state index in [4.69, 9.17) is 0 Å². The van der Waals surface area contributed by atoms with Crippen molar-refractivity contribution in [3.8, 4) is 0 Å². The molecule has 0 saturated heterocycles. The molecule has 0 atom stereocenters. The van der Waals surface area contributed by atoms with Gasteiger partial charge in [-0.15, -0.1) is 0 Å². The fraction of sp³-hybridized carbons (Fsp3) is 0.889. The van der Waals surface area contributed by atoms with Crippen LogP contribution in [0, 0.1) is 0 Å². The van der Waals surface area contributed by atoms with Crippen LogP contribution in [0.1, 0.15) is 25.7 Å². The summed E-state index contributed by atoms with van der Waals surface area (Å²) in [5.41, 5.74) is 0. The van der Waals surface area contributed by atoms with Crippen LogP contribution >= 0.6 is 0 Å². The summed E-state index contributed by atoms with van der Waals surface area (Å²) in [5, 5.41) is 8.77. The molecular formula is C9H19N3O. The van der Waals surface area contributed by atoms with E-state index in [1.165, 1.54) is 0 Å². The smallest absolute Gasteiger partial charge is 0.314 e. The number of urea groups is 1. The van der Waals surface area contributed by atoms with Gasteiger partial charge in [-0.05, 0) is 32.7 Å². The molecule has 0 aliphatic heterocycles. The molecule has 0 aromatic heterocycles. The number of amides is 2. The van der Waals surface area contributed by atoms with E-state index in [1.54, 1.807) is 7.05 Å². The molecule has 2 amide bonds. The third kappa shape index (κ3) is 3.22. The topological polar surface area (TPSA) is 53.2 Å². The Kier molecular flexibility index (Phi) is 4.02. The minimum atomic E-state index is -0.0621. The zero-order chi connectivity index (χ0) is 9.68. The van der Waals surface area contributed by atoms with Gasteiger partial charge in [-0.3, -0.25) is 0 Å². The number of carbonyl (C=O) groups excluding carboxylic acids is 1. The van der Waals surface area contributed by atoms with E-state index < -0.39 is 0 Å². The quantitative estimate of drug-likeness (QED) is 0.585. The molecule has 0 radical (unpaired) electrons. The van der Waals surface area contributed by atoms with Crippen molar-refractivity contribution in [2.75, 3.05) is 14.1 Å². The molecule has 0 aromatic rings. The van der Waals surface area contributed by atoms with Crippen LogP contribution in [0.15, 0.2) is 0 Å². The van der Waals surface area contributed by atoms with Gasteiger partial charge in [-0.1, -0.05) is 0 Å². The van der Waals surface area contributed by atoms with E-state index in [0.29, 0.717) is 12.1 Å². The van der Waals surface area contributed by atoms with Gasteiger partial charge in [0, 0.05) is 19.1 Å². The number of rotatable bonds is 2. The van der Waals surface area contributed by atoms with E-state index in [-0.39, 0.29) is 6.03 Å². The Hall–Kier alpha value is -0.770. The van der Waals surface area contributed by atoms with Gasteiger partial charge in [-0.25, -0.2) is 4.79 Å². The zero-order valence-corrected chi connectivity index (χ0v) is 8.39. The predicted octanol–water partition coefficient (Wildman–Crippen LogP) is 0.446. The molecule has 1 rings (SSSR count). The Labute approximate surface area is 79.5 Å². The summed E-state index contributed by atoms with van der Waals surface area (Å²) in [4.78, 5) is 11.0. The monoisotopic (exact) mass is 185 g/mol. The van der Waals surface area contributed by atoms with Crippen molar-refractivity contribution in [2.24, 2.45) is 0 Å². The van der Waals surface area contributed by atoms with Crippen LogP contribution in [0.5, 0.6) is 0 Å². The van der Waals surface area contributed by atoms with Crippen molar-refractivity contribution in [2.45, 2.75) is 37.8 Å². The van der Waals surface area contributed by atoms with E-state index in [1.807, 2.05) is 7.05 Å². The number of hydrogen-bond donors (Lipinski definition) is 3. The molecule has 13 heavy (non-hydrogen) atoms. The summed E-state index contributed by atoms with van der Waals surface area (Å²) in [6.07, 6.45) is 4.48. The summed E-state index contributed by atoms with van der Waals surface area (Å²) in [6.45, 7) is 0. The van der Waals surface area contributed by atoms with Gasteiger partial charge in [0.2, 0.25) is 0 Å². The van der Waals surface area contributed by atoms with Gasteiger partial charge < -0.3 is 16.0 Å². The maximum Gasteiger partial charge on any atom is 0.314 e. The lowest BCUT2D eigenvalue weighted by atomic mass is 9.91. The first kappa shape index (κ1) is 10.3. The molecule has 1 saturated carbocycles. The first-order valence-electron chi connectivity index (χ1n) is 4.91. The lowest BCUT2D eigenvalue weighted by Gasteiger charge is -2.28. The summed E-state index contributed by atoms with van der Waals surface area (Å²) < 4.78 is 0. The summed E-state index contributed by atoms with van der Waals surface area (Å²) in [7, 11) is 3.64. The van der Waals surface area contributed by atoms with Gasteiger partial charge in [0.15, 0.2) is 0 Å². The lowest BCUT2D eigenvalue weighted by Crippen LogP contribution is -2.44. The second kappa shape index (κ2) is 5.07. The molecule has 4 nitrogen and oxygen atoms in total. The Morgan fingerprint density at radius 3 is 2.08 bits per heavy atom. The highest BCUT2D eigenvalue weighted by Crippen LogP contribution is 2.17. The Bertz CT molecular complexity index is 164. The minimum absolute atomic E-state index is 0.0621. The van der Waals surface area contributed by atoms with Crippen LogP contribution in [-0.2, 0) is 0 Å². The standard InChI is InChI=1S/C9H19N3O/c1-10-7-3-5-8(6-4-7)12-9(13)11-2/h7-8,10H,3-6H2,1-2H3,(H2,11,12,13). The molecular weight excluding hydrogens is 166 g/mol. The molecule has 0 heterocycles. The molecule has 4 heteroatoms. The Morgan fingerprint density at radius 1 is 1.08 bits per heavy atom. The number of carbonyl (C=O) groups is 1. The van der Waals surface area contributed by atoms with Crippen molar-refractivity contribution < 1.29 is 4.79 Å². The van der Waals surface area contributed by atoms with Crippen molar-refractivity contribution in [1.29, 1.82) is 0 Å². The summed E-state index contributed by atoms with van der Waals surface area (Å²) >= 11 is 0. The third-order valence-corrected chi connectivity index (χ3v) is 2.70. The fourth-order valence-electron chi connectivity index (χ4n) is 1.78. The van der Waals surface area contributed by atoms with E-state index in [2.05, 4.69) is 16.0 Å². The van der Waals surface area contributed by atoms with Crippen LogP contribution in [0.4, 0.5) is 4.79 Å². The SMILES string of the molecule is CNC(=O)NC1CCC(NC)CC1. The average molecular weight is 185 g/mol. The highest BCUT2D eigenvalue weighted by Gasteiger charge is 2.20. The van der Waals surface area contributed by atoms with Crippen molar-refractivity contribution in [3.05, 3.63) is 0 Å². The fourth-order valence-corrected chi connectivity index (χ4v) is 1.78. The highest BCUT2D eigenvalue weighted by molar-refractivity contribution is 5.73. The second-order valence-electron chi connectivity index (χ2n) is 3.56. The maximum atomic E-state index is 11.0. The molecule has 0 bridgehead atoms. The van der Waals surface area contributed by atoms with Crippen molar-refractivity contribution in [3.63, 3.8) is 0 Å². The lowest BCUT2D eigenvalue weighted by molar-refractivity contribution is 0.232. The molecule has 76 valence electrons. The number of hydrogen-bond acceptors (Lipinski definition) is 2. The average Bonchev–Trinajstić information content (AvgIpc) is 2.19. The molecule has 1 aliphatic rings. The van der Waals surface area contributed by atoms with Gasteiger partial charge in [0.1, 0.15) is 0 Å². The molecule has 3 N–H and O–H groups in total. The highest BCUT2D eigenvalue weighted by atomic mass is 16.2. The predicted molar refractivity (Wildman–Crippen MR) is 52.7 cm³/mol. The van der Waals surface area contributed by atoms with Gasteiger partial charge in [0.05, 0.1) is 0 Å². The van der Waals surface area contributed by atoms with Crippen LogP contribution in [0.2, 0.25) is 0 Å². The van der Waals surface area contributed by atoms with E-state index >= 15 is 0 Å².